The van der Waals surface area contributed by atoms with Gasteiger partial charge in [-0.3, -0.25) is 0 Å². The van der Waals surface area contributed by atoms with E-state index in [0.29, 0.717) is 0 Å². The first-order valence-corrected chi connectivity index (χ1v) is 10.7. The molecule has 0 amide bonds. The average molecular weight is 385 g/mol. The lowest BCUT2D eigenvalue weighted by Gasteiger charge is -2.29. The Morgan fingerprint density at radius 2 is 1.89 bits per heavy atom. The number of aromatic amines is 1. The van der Waals surface area contributed by atoms with E-state index in [2.05, 4.69) is 14.7 Å². The Labute approximate surface area is 159 Å². The number of nitrogens with two attached hydrogens (primary N) is 1. The Morgan fingerprint density at radius 1 is 1.15 bits per heavy atom. The van der Waals surface area contributed by atoms with E-state index in [9.17, 15) is 8.42 Å². The minimum Gasteiger partial charge on any atom is -0.344 e. The van der Waals surface area contributed by atoms with Gasteiger partial charge < -0.3 is 10.7 Å². The van der Waals surface area contributed by atoms with Crippen LogP contribution in [-0.2, 0) is 10.0 Å². The zero-order chi connectivity index (χ0) is 19.0. The number of sulfonamides is 1. The number of rotatable bonds is 4. The second-order valence-corrected chi connectivity index (χ2v) is 8.99. The summed E-state index contributed by atoms with van der Waals surface area (Å²) in [7, 11) is -3.58. The summed E-state index contributed by atoms with van der Waals surface area (Å²) in [6.45, 7) is 1.99. The maximum absolute atomic E-state index is 12.7. The molecule has 0 unspecified atom stereocenters. The molecule has 1 aliphatic rings. The van der Waals surface area contributed by atoms with Crippen LogP contribution in [0.1, 0.15) is 31.4 Å². The van der Waals surface area contributed by atoms with Crippen LogP contribution in [0, 0.1) is 6.92 Å². The summed E-state index contributed by atoms with van der Waals surface area (Å²) < 4.78 is 28.2. The molecule has 3 aromatic rings. The topological polar surface area (TPSA) is 101 Å². The second-order valence-electron chi connectivity index (χ2n) is 7.27. The maximum Gasteiger partial charge on any atom is 0.240 e. The number of aryl methyl sites for hydroxylation is 1. The Kier molecular flexibility index (Phi) is 4.75. The van der Waals surface area contributed by atoms with Crippen molar-refractivity contribution >= 4 is 21.1 Å². The minimum atomic E-state index is -3.58. The molecule has 1 aromatic carbocycles. The Morgan fingerprint density at radius 3 is 2.63 bits per heavy atom. The van der Waals surface area contributed by atoms with E-state index in [1.165, 1.54) is 0 Å². The van der Waals surface area contributed by atoms with Crippen molar-refractivity contribution in [1.29, 1.82) is 0 Å². The molecule has 142 valence electrons. The standard InChI is InChI=1S/C20H24N4O2S/c1-13-12-17-16(10-11-22-20(17)23-13)14-6-8-15(9-7-14)27(25,26)24-19-5-3-2-4-18(19)21/h6-12,18-19,24H,2-5,21H2,1H3,(H,22,23)/t18-,19+/m1/s1. The smallest absolute Gasteiger partial charge is 0.240 e. The van der Waals surface area contributed by atoms with E-state index in [-0.39, 0.29) is 17.0 Å². The van der Waals surface area contributed by atoms with Crippen LogP contribution in [0.25, 0.3) is 22.2 Å². The van der Waals surface area contributed by atoms with E-state index in [0.717, 1.165) is 53.5 Å². The fourth-order valence-corrected chi connectivity index (χ4v) is 5.12. The van der Waals surface area contributed by atoms with Crippen molar-refractivity contribution in [2.45, 2.75) is 49.6 Å². The highest BCUT2D eigenvalue weighted by atomic mass is 32.2. The quantitative estimate of drug-likeness (QED) is 0.643. The van der Waals surface area contributed by atoms with Gasteiger partial charge in [-0.25, -0.2) is 18.1 Å². The molecule has 1 saturated carbocycles. The third-order valence-corrected chi connectivity index (χ3v) is 6.77. The molecule has 4 rings (SSSR count). The number of hydrogen-bond donors (Lipinski definition) is 3. The maximum atomic E-state index is 12.7. The second kappa shape index (κ2) is 7.07. The van der Waals surface area contributed by atoms with Crippen LogP contribution in [0.5, 0.6) is 0 Å². The summed E-state index contributed by atoms with van der Waals surface area (Å²) in [5.41, 5.74) is 9.93. The third-order valence-electron chi connectivity index (χ3n) is 5.27. The first kappa shape index (κ1) is 18.2. The molecule has 7 heteroatoms. The summed E-state index contributed by atoms with van der Waals surface area (Å²) >= 11 is 0. The normalized spacial score (nSPS) is 20.8. The summed E-state index contributed by atoms with van der Waals surface area (Å²) in [6.07, 6.45) is 5.48. The fourth-order valence-electron chi connectivity index (χ4n) is 3.80. The minimum absolute atomic E-state index is 0.116. The molecule has 2 aromatic heterocycles. The van der Waals surface area contributed by atoms with Crippen molar-refractivity contribution in [3.8, 4) is 11.1 Å². The van der Waals surface area contributed by atoms with Crippen LogP contribution >= 0.6 is 0 Å². The molecule has 0 saturated heterocycles. The summed E-state index contributed by atoms with van der Waals surface area (Å²) in [4.78, 5) is 7.83. The molecular weight excluding hydrogens is 360 g/mol. The van der Waals surface area contributed by atoms with Crippen molar-refractivity contribution in [2.75, 3.05) is 0 Å². The number of benzene rings is 1. The number of nitrogens with one attached hydrogen (secondary N) is 2. The monoisotopic (exact) mass is 384 g/mol. The summed E-state index contributed by atoms with van der Waals surface area (Å²) in [5, 5.41) is 1.02. The van der Waals surface area contributed by atoms with E-state index < -0.39 is 10.0 Å². The number of hydrogen-bond acceptors (Lipinski definition) is 4. The Hall–Kier alpha value is -2.22. The van der Waals surface area contributed by atoms with E-state index in [4.69, 9.17) is 5.73 Å². The van der Waals surface area contributed by atoms with Crippen LogP contribution in [0.2, 0.25) is 0 Å². The largest absolute Gasteiger partial charge is 0.344 e. The SMILES string of the molecule is Cc1cc2c(-c3ccc(S(=O)(=O)N[C@H]4CCCC[C@H]4N)cc3)ccnc2[nH]1. The fraction of sp³-hybridized carbons (Fsp3) is 0.350. The van der Waals surface area contributed by atoms with Gasteiger partial charge in [-0.2, -0.15) is 0 Å². The first-order chi connectivity index (χ1) is 12.9. The van der Waals surface area contributed by atoms with E-state index in [1.54, 1.807) is 18.3 Å². The number of nitrogens with zero attached hydrogens (tertiary/aromatic N) is 1. The van der Waals surface area contributed by atoms with Gasteiger partial charge in [0, 0.05) is 29.4 Å². The lowest BCUT2D eigenvalue weighted by Crippen LogP contribution is -2.49. The van der Waals surface area contributed by atoms with Crippen molar-refractivity contribution in [3.05, 3.63) is 48.3 Å². The highest BCUT2D eigenvalue weighted by molar-refractivity contribution is 7.89. The molecular formula is C20H24N4O2S. The van der Waals surface area contributed by atoms with Crippen LogP contribution in [0.4, 0.5) is 0 Å². The van der Waals surface area contributed by atoms with Gasteiger partial charge in [0.15, 0.2) is 0 Å². The molecule has 2 atom stereocenters. The lowest BCUT2D eigenvalue weighted by molar-refractivity contribution is 0.361. The molecule has 0 radical (unpaired) electrons. The zero-order valence-corrected chi connectivity index (χ0v) is 16.1. The van der Waals surface area contributed by atoms with Crippen molar-refractivity contribution < 1.29 is 8.42 Å². The molecule has 6 nitrogen and oxygen atoms in total. The molecule has 4 N–H and O–H groups in total. The highest BCUT2D eigenvalue weighted by Crippen LogP contribution is 2.29. The molecule has 0 bridgehead atoms. The molecule has 27 heavy (non-hydrogen) atoms. The number of pyridine rings is 1. The van der Waals surface area contributed by atoms with E-state index >= 15 is 0 Å². The lowest BCUT2D eigenvalue weighted by atomic mass is 9.92. The summed E-state index contributed by atoms with van der Waals surface area (Å²) in [5.74, 6) is 0. The van der Waals surface area contributed by atoms with Gasteiger partial charge in [0.25, 0.3) is 0 Å². The van der Waals surface area contributed by atoms with Gasteiger partial charge in [-0.1, -0.05) is 25.0 Å². The molecule has 2 heterocycles. The average Bonchev–Trinajstić information content (AvgIpc) is 3.04. The predicted molar refractivity (Wildman–Crippen MR) is 107 cm³/mol. The molecule has 1 aliphatic carbocycles. The molecule has 0 aliphatic heterocycles. The number of aromatic nitrogens is 2. The van der Waals surface area contributed by atoms with E-state index in [1.807, 2.05) is 31.2 Å². The molecule has 0 spiro atoms. The van der Waals surface area contributed by atoms with Gasteiger partial charge in [-0.05, 0) is 55.2 Å². The van der Waals surface area contributed by atoms with Crippen molar-refractivity contribution in [2.24, 2.45) is 5.73 Å². The number of fused-ring (bicyclic) bond motifs is 1. The first-order valence-electron chi connectivity index (χ1n) is 9.27. The van der Waals surface area contributed by atoms with Gasteiger partial charge >= 0.3 is 0 Å². The Balaban J connectivity index is 1.61. The van der Waals surface area contributed by atoms with Crippen molar-refractivity contribution in [3.63, 3.8) is 0 Å². The zero-order valence-electron chi connectivity index (χ0n) is 15.3. The molecule has 1 fully saturated rings. The van der Waals surface area contributed by atoms with Crippen molar-refractivity contribution in [1.82, 2.24) is 14.7 Å². The summed E-state index contributed by atoms with van der Waals surface area (Å²) in [6, 6.07) is 10.7. The Bertz CT molecular complexity index is 1060. The number of H-pyrrole nitrogens is 1. The van der Waals surface area contributed by atoms with Gasteiger partial charge in [-0.15, -0.1) is 0 Å². The van der Waals surface area contributed by atoms with Gasteiger partial charge in [0.2, 0.25) is 10.0 Å². The predicted octanol–water partition coefficient (Wildman–Crippen LogP) is 3.09. The van der Waals surface area contributed by atoms with Crippen LogP contribution in [0.15, 0.2) is 47.5 Å². The van der Waals surface area contributed by atoms with Gasteiger partial charge in [0.1, 0.15) is 5.65 Å². The van der Waals surface area contributed by atoms with Crippen LogP contribution < -0.4 is 10.5 Å². The highest BCUT2D eigenvalue weighted by Gasteiger charge is 2.27. The van der Waals surface area contributed by atoms with Gasteiger partial charge in [0.05, 0.1) is 4.90 Å². The van der Waals surface area contributed by atoms with Crippen LogP contribution in [-0.4, -0.2) is 30.5 Å². The van der Waals surface area contributed by atoms with Crippen LogP contribution in [0.3, 0.4) is 0 Å². The third kappa shape index (κ3) is 3.63.